The van der Waals surface area contributed by atoms with E-state index >= 15 is 0 Å². The SMILES string of the molecule is O=C(NCc1ccc2c(c1)OCO2)c1ccccc1CSc1nc2ccccc2o1. The molecule has 0 fully saturated rings. The number of thioether (sulfide) groups is 1. The topological polar surface area (TPSA) is 73.6 Å². The van der Waals surface area contributed by atoms with Crippen molar-refractivity contribution in [2.75, 3.05) is 6.79 Å². The summed E-state index contributed by atoms with van der Waals surface area (Å²) in [6.07, 6.45) is 0. The van der Waals surface area contributed by atoms with Crippen LogP contribution in [0.25, 0.3) is 11.1 Å². The maximum Gasteiger partial charge on any atom is 0.257 e. The molecule has 0 unspecified atom stereocenters. The predicted molar refractivity (Wildman–Crippen MR) is 114 cm³/mol. The molecule has 2 heterocycles. The van der Waals surface area contributed by atoms with Gasteiger partial charge in [-0.2, -0.15) is 0 Å². The molecule has 6 nitrogen and oxygen atoms in total. The maximum absolute atomic E-state index is 12.8. The van der Waals surface area contributed by atoms with Crippen LogP contribution in [0.2, 0.25) is 0 Å². The molecule has 0 bridgehead atoms. The van der Waals surface area contributed by atoms with Crippen LogP contribution < -0.4 is 14.8 Å². The van der Waals surface area contributed by atoms with Gasteiger partial charge in [0.15, 0.2) is 17.1 Å². The van der Waals surface area contributed by atoms with Crippen LogP contribution in [-0.2, 0) is 12.3 Å². The van der Waals surface area contributed by atoms with E-state index in [0.29, 0.717) is 28.8 Å². The predicted octanol–water partition coefficient (Wildman–Crippen LogP) is 4.78. The zero-order chi connectivity index (χ0) is 20.3. The second-order valence-corrected chi connectivity index (χ2v) is 7.69. The standard InChI is InChI=1S/C23H18N2O4S/c26-22(24-12-15-9-10-20-21(11-15)28-14-27-20)17-6-2-1-5-16(17)13-30-23-25-18-7-3-4-8-19(18)29-23/h1-11H,12-14H2,(H,24,26). The number of hydrogen-bond acceptors (Lipinski definition) is 6. The minimum absolute atomic E-state index is 0.124. The van der Waals surface area contributed by atoms with Crippen LogP contribution in [0, 0.1) is 0 Å². The summed E-state index contributed by atoms with van der Waals surface area (Å²) in [6, 6.07) is 20.9. The van der Waals surface area contributed by atoms with Gasteiger partial charge in [0.05, 0.1) is 0 Å². The van der Waals surface area contributed by atoms with Gasteiger partial charge in [0.1, 0.15) is 5.52 Å². The van der Waals surface area contributed by atoms with Crippen molar-refractivity contribution in [2.24, 2.45) is 0 Å². The average molecular weight is 418 g/mol. The third-order valence-electron chi connectivity index (χ3n) is 4.78. The number of aromatic nitrogens is 1. The number of para-hydroxylation sites is 2. The lowest BCUT2D eigenvalue weighted by Gasteiger charge is -2.10. The Morgan fingerprint density at radius 2 is 1.83 bits per heavy atom. The van der Waals surface area contributed by atoms with E-state index in [9.17, 15) is 4.79 Å². The third kappa shape index (κ3) is 3.84. The quantitative estimate of drug-likeness (QED) is 0.454. The second-order valence-electron chi connectivity index (χ2n) is 6.76. The Morgan fingerprint density at radius 3 is 2.77 bits per heavy atom. The van der Waals surface area contributed by atoms with E-state index in [1.807, 2.05) is 66.7 Å². The normalized spacial score (nSPS) is 12.3. The molecule has 0 saturated heterocycles. The summed E-state index contributed by atoms with van der Waals surface area (Å²) in [5.41, 5.74) is 4.10. The summed E-state index contributed by atoms with van der Waals surface area (Å²) < 4.78 is 16.5. The number of rotatable bonds is 6. The molecule has 1 aliphatic rings. The Kier molecular flexibility index (Phi) is 5.03. The number of carbonyl (C=O) groups excluding carboxylic acids is 1. The highest BCUT2D eigenvalue weighted by Gasteiger charge is 2.15. The van der Waals surface area contributed by atoms with E-state index in [1.165, 1.54) is 11.8 Å². The number of fused-ring (bicyclic) bond motifs is 2. The van der Waals surface area contributed by atoms with Crippen molar-refractivity contribution in [1.29, 1.82) is 0 Å². The number of nitrogens with one attached hydrogen (secondary N) is 1. The van der Waals surface area contributed by atoms with E-state index in [0.717, 1.165) is 28.0 Å². The minimum Gasteiger partial charge on any atom is -0.454 e. The van der Waals surface area contributed by atoms with E-state index in [1.54, 1.807) is 0 Å². The van der Waals surface area contributed by atoms with Gasteiger partial charge in [-0.15, -0.1) is 0 Å². The van der Waals surface area contributed by atoms with Crippen molar-refractivity contribution in [3.05, 3.63) is 83.4 Å². The minimum atomic E-state index is -0.124. The molecule has 0 atom stereocenters. The summed E-state index contributed by atoms with van der Waals surface area (Å²) in [7, 11) is 0. The fourth-order valence-electron chi connectivity index (χ4n) is 3.25. The molecule has 0 radical (unpaired) electrons. The molecule has 1 amide bonds. The molecular formula is C23H18N2O4S. The zero-order valence-corrected chi connectivity index (χ0v) is 16.8. The first-order valence-electron chi connectivity index (χ1n) is 9.49. The van der Waals surface area contributed by atoms with Gasteiger partial charge in [-0.3, -0.25) is 4.79 Å². The lowest BCUT2D eigenvalue weighted by atomic mass is 10.1. The number of benzene rings is 3. The lowest BCUT2D eigenvalue weighted by molar-refractivity contribution is 0.0950. The van der Waals surface area contributed by atoms with Gasteiger partial charge in [-0.1, -0.05) is 48.2 Å². The molecule has 3 aromatic carbocycles. The summed E-state index contributed by atoms with van der Waals surface area (Å²) in [5, 5.41) is 3.57. The third-order valence-corrected chi connectivity index (χ3v) is 5.65. The van der Waals surface area contributed by atoms with Crippen LogP contribution >= 0.6 is 11.8 Å². The smallest absolute Gasteiger partial charge is 0.257 e. The van der Waals surface area contributed by atoms with Crippen LogP contribution in [0.5, 0.6) is 11.5 Å². The van der Waals surface area contributed by atoms with Crippen molar-refractivity contribution in [1.82, 2.24) is 10.3 Å². The molecule has 5 rings (SSSR count). The molecule has 7 heteroatoms. The van der Waals surface area contributed by atoms with Crippen molar-refractivity contribution >= 4 is 28.8 Å². The van der Waals surface area contributed by atoms with Crippen LogP contribution in [0.3, 0.4) is 0 Å². The molecule has 1 aromatic heterocycles. The Labute approximate surface area is 177 Å². The molecule has 0 saturated carbocycles. The Balaban J connectivity index is 1.26. The van der Waals surface area contributed by atoms with E-state index in [-0.39, 0.29) is 12.7 Å². The Morgan fingerprint density at radius 1 is 1.00 bits per heavy atom. The van der Waals surface area contributed by atoms with Gasteiger partial charge in [-0.25, -0.2) is 4.98 Å². The number of ether oxygens (including phenoxy) is 2. The van der Waals surface area contributed by atoms with Crippen molar-refractivity contribution in [3.8, 4) is 11.5 Å². The van der Waals surface area contributed by atoms with Gasteiger partial charge >= 0.3 is 0 Å². The lowest BCUT2D eigenvalue weighted by Crippen LogP contribution is -2.23. The van der Waals surface area contributed by atoms with Crippen LogP contribution in [0.1, 0.15) is 21.5 Å². The zero-order valence-electron chi connectivity index (χ0n) is 16.0. The molecule has 1 N–H and O–H groups in total. The summed E-state index contributed by atoms with van der Waals surface area (Å²) in [5.74, 6) is 1.89. The molecule has 4 aromatic rings. The summed E-state index contributed by atoms with van der Waals surface area (Å²) >= 11 is 1.47. The molecule has 0 aliphatic carbocycles. The first kappa shape index (κ1) is 18.6. The second kappa shape index (κ2) is 8.12. The average Bonchev–Trinajstić information content (AvgIpc) is 3.42. The Hall–Kier alpha value is -3.45. The van der Waals surface area contributed by atoms with Gasteiger partial charge < -0.3 is 19.2 Å². The van der Waals surface area contributed by atoms with Gasteiger partial charge in [0.2, 0.25) is 6.79 Å². The largest absolute Gasteiger partial charge is 0.454 e. The highest BCUT2D eigenvalue weighted by molar-refractivity contribution is 7.98. The molecule has 0 spiro atoms. The van der Waals surface area contributed by atoms with Gasteiger partial charge in [0, 0.05) is 17.9 Å². The van der Waals surface area contributed by atoms with Gasteiger partial charge in [-0.05, 0) is 41.5 Å². The van der Waals surface area contributed by atoms with Gasteiger partial charge in [0.25, 0.3) is 11.1 Å². The highest BCUT2D eigenvalue weighted by Crippen LogP contribution is 2.32. The van der Waals surface area contributed by atoms with Crippen molar-refractivity contribution in [3.63, 3.8) is 0 Å². The first-order valence-corrected chi connectivity index (χ1v) is 10.5. The Bertz CT molecular complexity index is 1190. The highest BCUT2D eigenvalue weighted by atomic mass is 32.2. The van der Waals surface area contributed by atoms with E-state index < -0.39 is 0 Å². The monoisotopic (exact) mass is 418 g/mol. The van der Waals surface area contributed by atoms with Crippen LogP contribution in [-0.4, -0.2) is 17.7 Å². The molecule has 1 aliphatic heterocycles. The fraction of sp³-hybridized carbons (Fsp3) is 0.130. The number of nitrogens with zero attached hydrogens (tertiary/aromatic N) is 1. The first-order chi connectivity index (χ1) is 14.8. The summed E-state index contributed by atoms with van der Waals surface area (Å²) in [6.45, 7) is 0.637. The molecule has 30 heavy (non-hydrogen) atoms. The molecular weight excluding hydrogens is 400 g/mol. The van der Waals surface area contributed by atoms with Crippen molar-refractivity contribution < 1.29 is 18.7 Å². The maximum atomic E-state index is 12.8. The van der Waals surface area contributed by atoms with E-state index in [4.69, 9.17) is 13.9 Å². The molecule has 150 valence electrons. The number of amides is 1. The van der Waals surface area contributed by atoms with Crippen LogP contribution in [0.15, 0.2) is 76.4 Å². The van der Waals surface area contributed by atoms with Crippen LogP contribution in [0.4, 0.5) is 0 Å². The van der Waals surface area contributed by atoms with Crippen molar-refractivity contribution in [2.45, 2.75) is 17.5 Å². The number of oxazole rings is 1. The fourth-order valence-corrected chi connectivity index (χ4v) is 4.09. The number of hydrogen-bond donors (Lipinski definition) is 1. The van der Waals surface area contributed by atoms with E-state index in [2.05, 4.69) is 10.3 Å². The summed E-state index contributed by atoms with van der Waals surface area (Å²) in [4.78, 5) is 17.3. The number of carbonyl (C=O) groups is 1.